The molecule has 0 aliphatic rings. The van der Waals surface area contributed by atoms with Crippen molar-refractivity contribution in [3.63, 3.8) is 0 Å². The Morgan fingerprint density at radius 3 is 2.47 bits per heavy atom. The van der Waals surface area contributed by atoms with Crippen LogP contribution in [0.25, 0.3) is 0 Å². The van der Waals surface area contributed by atoms with Crippen molar-refractivity contribution in [3.05, 3.63) is 34.9 Å². The molecule has 0 amide bonds. The number of hydrogen-bond acceptors (Lipinski definition) is 3. The summed E-state index contributed by atoms with van der Waals surface area (Å²) >= 11 is 0. The number of rotatable bonds is 6. The lowest BCUT2D eigenvalue weighted by molar-refractivity contribution is 0.0465. The van der Waals surface area contributed by atoms with Crippen LogP contribution in [-0.2, 0) is 15.4 Å². The monoisotopic (exact) mass is 284 g/mol. The van der Waals surface area contributed by atoms with E-state index in [1.807, 2.05) is 32.0 Å². The Labute approximate surface area is 116 Å². The summed E-state index contributed by atoms with van der Waals surface area (Å²) in [5.41, 5.74) is 2.05. The quantitative estimate of drug-likeness (QED) is 0.874. The summed E-state index contributed by atoms with van der Waals surface area (Å²) in [5.74, 6) is 0.309. The Bertz CT molecular complexity index is 530. The number of aryl methyl sites for hydroxylation is 2. The zero-order chi connectivity index (χ0) is 14.7. The van der Waals surface area contributed by atoms with Crippen LogP contribution < -0.4 is 0 Å². The molecule has 1 rings (SSSR count). The molecule has 1 unspecified atom stereocenters. The van der Waals surface area contributed by atoms with Crippen molar-refractivity contribution in [1.29, 1.82) is 0 Å². The highest BCUT2D eigenvalue weighted by Crippen LogP contribution is 2.29. The van der Waals surface area contributed by atoms with Crippen LogP contribution in [-0.4, -0.2) is 25.0 Å². The smallest absolute Gasteiger partial charge is 0.150 e. The Morgan fingerprint density at radius 2 is 1.89 bits per heavy atom. The molecule has 0 bridgehead atoms. The number of sulfone groups is 1. The second kappa shape index (κ2) is 6.06. The first kappa shape index (κ1) is 16.2. The summed E-state index contributed by atoms with van der Waals surface area (Å²) in [6, 6.07) is 5.97. The van der Waals surface area contributed by atoms with Gasteiger partial charge in [0.05, 0.1) is 11.4 Å². The molecule has 3 nitrogen and oxygen atoms in total. The molecule has 0 aliphatic carbocycles. The van der Waals surface area contributed by atoms with Gasteiger partial charge in [-0.3, -0.25) is 0 Å². The highest BCUT2D eigenvalue weighted by molar-refractivity contribution is 7.91. The Morgan fingerprint density at radius 1 is 1.26 bits per heavy atom. The molecular weight excluding hydrogens is 260 g/mol. The van der Waals surface area contributed by atoms with Crippen molar-refractivity contribution < 1.29 is 13.5 Å². The molecule has 4 heteroatoms. The second-order valence-electron chi connectivity index (χ2n) is 5.43. The summed E-state index contributed by atoms with van der Waals surface area (Å²) in [6.07, 6.45) is 0.938. The molecule has 0 saturated carbocycles. The minimum Gasteiger partial charge on any atom is -0.385 e. The van der Waals surface area contributed by atoms with Gasteiger partial charge in [0.15, 0.2) is 0 Å². The average molecular weight is 284 g/mol. The maximum Gasteiger partial charge on any atom is 0.150 e. The molecule has 108 valence electrons. The SMILES string of the molecule is CCS(=O)(=O)CCCC(C)(O)c1cc(C)ccc1C. The Balaban J connectivity index is 2.78. The van der Waals surface area contributed by atoms with Crippen LogP contribution in [0.2, 0.25) is 0 Å². The van der Waals surface area contributed by atoms with E-state index in [9.17, 15) is 13.5 Å². The van der Waals surface area contributed by atoms with Gasteiger partial charge >= 0.3 is 0 Å². The molecule has 1 N–H and O–H groups in total. The third-order valence-corrected chi connectivity index (χ3v) is 5.32. The first-order chi connectivity index (χ1) is 8.68. The molecule has 0 heterocycles. The fourth-order valence-corrected chi connectivity index (χ4v) is 3.10. The third-order valence-electron chi connectivity index (χ3n) is 3.53. The summed E-state index contributed by atoms with van der Waals surface area (Å²) in [4.78, 5) is 0. The fraction of sp³-hybridized carbons (Fsp3) is 0.600. The van der Waals surface area contributed by atoms with E-state index in [-0.39, 0.29) is 11.5 Å². The van der Waals surface area contributed by atoms with Crippen molar-refractivity contribution >= 4 is 9.84 Å². The largest absolute Gasteiger partial charge is 0.385 e. The first-order valence-electron chi connectivity index (χ1n) is 6.68. The van der Waals surface area contributed by atoms with Crippen LogP contribution >= 0.6 is 0 Å². The van der Waals surface area contributed by atoms with Gasteiger partial charge in [-0.2, -0.15) is 0 Å². The van der Waals surface area contributed by atoms with Gasteiger partial charge in [-0.05, 0) is 44.7 Å². The van der Waals surface area contributed by atoms with Gasteiger partial charge in [-0.25, -0.2) is 8.42 Å². The van der Waals surface area contributed by atoms with Gasteiger partial charge in [-0.1, -0.05) is 30.7 Å². The minimum absolute atomic E-state index is 0.143. The lowest BCUT2D eigenvalue weighted by Crippen LogP contribution is -2.24. The lowest BCUT2D eigenvalue weighted by Gasteiger charge is -2.26. The van der Waals surface area contributed by atoms with Crippen LogP contribution in [0.5, 0.6) is 0 Å². The van der Waals surface area contributed by atoms with Crippen molar-refractivity contribution in [2.75, 3.05) is 11.5 Å². The molecule has 0 radical (unpaired) electrons. The normalized spacial score (nSPS) is 15.2. The number of hydrogen-bond donors (Lipinski definition) is 1. The second-order valence-corrected chi connectivity index (χ2v) is 7.90. The first-order valence-corrected chi connectivity index (χ1v) is 8.50. The average Bonchev–Trinajstić information content (AvgIpc) is 2.31. The molecule has 1 aromatic rings. The summed E-state index contributed by atoms with van der Waals surface area (Å²) in [7, 11) is -2.95. The zero-order valence-corrected chi connectivity index (χ0v) is 13.0. The Hall–Kier alpha value is -0.870. The van der Waals surface area contributed by atoms with Gasteiger partial charge in [0.1, 0.15) is 9.84 Å². The highest BCUT2D eigenvalue weighted by Gasteiger charge is 2.25. The van der Waals surface area contributed by atoms with Crippen LogP contribution in [0.4, 0.5) is 0 Å². The van der Waals surface area contributed by atoms with E-state index in [1.54, 1.807) is 13.8 Å². The van der Waals surface area contributed by atoms with E-state index in [1.165, 1.54) is 0 Å². The fourth-order valence-electron chi connectivity index (χ4n) is 2.23. The van der Waals surface area contributed by atoms with Crippen LogP contribution in [0.1, 0.15) is 43.4 Å². The van der Waals surface area contributed by atoms with E-state index in [4.69, 9.17) is 0 Å². The minimum atomic E-state index is -2.95. The molecule has 19 heavy (non-hydrogen) atoms. The molecule has 0 saturated heterocycles. The zero-order valence-electron chi connectivity index (χ0n) is 12.2. The van der Waals surface area contributed by atoms with Crippen molar-refractivity contribution in [3.8, 4) is 0 Å². The Kier molecular flexibility index (Phi) is 5.16. The summed E-state index contributed by atoms with van der Waals surface area (Å²) in [5, 5.41) is 10.6. The molecule has 1 aromatic carbocycles. The molecule has 0 aliphatic heterocycles. The molecular formula is C15H24O3S. The standard InChI is InChI=1S/C15H24O3S/c1-5-19(17,18)10-6-9-15(4,16)14-11-12(2)7-8-13(14)3/h7-8,11,16H,5-6,9-10H2,1-4H3. The maximum atomic E-state index is 11.5. The summed E-state index contributed by atoms with van der Waals surface area (Å²) in [6.45, 7) is 7.36. The maximum absolute atomic E-state index is 11.5. The molecule has 0 spiro atoms. The van der Waals surface area contributed by atoms with E-state index in [0.717, 1.165) is 16.7 Å². The van der Waals surface area contributed by atoms with Gasteiger partial charge in [0.2, 0.25) is 0 Å². The van der Waals surface area contributed by atoms with Gasteiger partial charge in [-0.15, -0.1) is 0 Å². The highest BCUT2D eigenvalue weighted by atomic mass is 32.2. The van der Waals surface area contributed by atoms with E-state index in [0.29, 0.717) is 12.8 Å². The lowest BCUT2D eigenvalue weighted by atomic mass is 9.87. The number of aliphatic hydroxyl groups is 1. The third kappa shape index (κ3) is 4.62. The van der Waals surface area contributed by atoms with E-state index < -0.39 is 15.4 Å². The molecule has 1 atom stereocenters. The van der Waals surface area contributed by atoms with Crippen LogP contribution in [0.3, 0.4) is 0 Å². The van der Waals surface area contributed by atoms with E-state index in [2.05, 4.69) is 0 Å². The van der Waals surface area contributed by atoms with Gasteiger partial charge < -0.3 is 5.11 Å². The van der Waals surface area contributed by atoms with E-state index >= 15 is 0 Å². The van der Waals surface area contributed by atoms with Gasteiger partial charge in [0.25, 0.3) is 0 Å². The van der Waals surface area contributed by atoms with Crippen LogP contribution in [0.15, 0.2) is 18.2 Å². The summed E-state index contributed by atoms with van der Waals surface area (Å²) < 4.78 is 22.9. The molecule has 0 fully saturated rings. The predicted octanol–water partition coefficient (Wildman–Crippen LogP) is 2.73. The number of benzene rings is 1. The van der Waals surface area contributed by atoms with Gasteiger partial charge in [0, 0.05) is 5.75 Å². The van der Waals surface area contributed by atoms with Crippen molar-refractivity contribution in [1.82, 2.24) is 0 Å². The molecule has 0 aromatic heterocycles. The topological polar surface area (TPSA) is 54.4 Å². The van der Waals surface area contributed by atoms with Crippen molar-refractivity contribution in [2.24, 2.45) is 0 Å². The predicted molar refractivity (Wildman–Crippen MR) is 79.0 cm³/mol. The van der Waals surface area contributed by atoms with Crippen LogP contribution in [0, 0.1) is 13.8 Å². The van der Waals surface area contributed by atoms with Crippen molar-refractivity contribution in [2.45, 2.75) is 46.1 Å².